The van der Waals surface area contributed by atoms with Crippen LogP contribution in [0, 0.1) is 11.7 Å². The van der Waals surface area contributed by atoms with Gasteiger partial charge in [0.1, 0.15) is 5.82 Å². The van der Waals surface area contributed by atoms with E-state index in [1.54, 1.807) is 0 Å². The number of amides is 1. The maximum absolute atomic E-state index is 13.0. The van der Waals surface area contributed by atoms with Crippen LogP contribution in [-0.2, 0) is 11.3 Å². The Kier molecular flexibility index (Phi) is 5.31. The average Bonchev–Trinajstić information content (AvgIpc) is 3.36. The van der Waals surface area contributed by atoms with E-state index in [9.17, 15) is 9.18 Å². The third-order valence-corrected chi connectivity index (χ3v) is 5.17. The van der Waals surface area contributed by atoms with E-state index >= 15 is 0 Å². The first-order chi connectivity index (χ1) is 11.1. The van der Waals surface area contributed by atoms with E-state index in [2.05, 4.69) is 17.1 Å². The van der Waals surface area contributed by atoms with E-state index in [0.29, 0.717) is 24.5 Å². The van der Waals surface area contributed by atoms with Crippen molar-refractivity contribution in [2.45, 2.75) is 64.1 Å². The Balaban J connectivity index is 1.54. The molecule has 2 atom stereocenters. The summed E-state index contributed by atoms with van der Waals surface area (Å²) < 4.78 is 13.0. The normalized spacial score (nSPS) is 24.7. The molecule has 0 radical (unpaired) electrons. The molecule has 1 N–H and O–H groups in total. The van der Waals surface area contributed by atoms with Crippen LogP contribution in [0.4, 0.5) is 4.39 Å². The van der Waals surface area contributed by atoms with Gasteiger partial charge in [-0.3, -0.25) is 9.69 Å². The van der Waals surface area contributed by atoms with Crippen molar-refractivity contribution in [3.8, 4) is 0 Å². The van der Waals surface area contributed by atoms with E-state index in [1.807, 2.05) is 12.1 Å². The molecule has 0 bridgehead atoms. The quantitative estimate of drug-likeness (QED) is 0.871. The van der Waals surface area contributed by atoms with Gasteiger partial charge in [-0.15, -0.1) is 0 Å². The van der Waals surface area contributed by atoms with Gasteiger partial charge in [-0.2, -0.15) is 0 Å². The predicted octanol–water partition coefficient (Wildman–Crippen LogP) is 3.49. The van der Waals surface area contributed by atoms with Crippen LogP contribution in [0.15, 0.2) is 24.3 Å². The van der Waals surface area contributed by atoms with Gasteiger partial charge in [-0.1, -0.05) is 31.9 Å². The number of carbonyl (C=O) groups is 1. The number of nitrogens with zero attached hydrogens (tertiary/aromatic N) is 1. The van der Waals surface area contributed by atoms with Gasteiger partial charge in [-0.25, -0.2) is 4.39 Å². The molecule has 23 heavy (non-hydrogen) atoms. The molecule has 3 nitrogen and oxygen atoms in total. The summed E-state index contributed by atoms with van der Waals surface area (Å²) in [7, 11) is 0. The lowest BCUT2D eigenvalue weighted by Gasteiger charge is -2.30. The molecule has 0 aromatic heterocycles. The molecule has 0 unspecified atom stereocenters. The number of rotatable bonds is 6. The van der Waals surface area contributed by atoms with E-state index in [4.69, 9.17) is 0 Å². The van der Waals surface area contributed by atoms with Gasteiger partial charge in [-0.05, 0) is 49.3 Å². The van der Waals surface area contributed by atoms with E-state index in [-0.39, 0.29) is 11.7 Å². The Morgan fingerprint density at radius 2 is 1.87 bits per heavy atom. The van der Waals surface area contributed by atoms with Gasteiger partial charge in [0.25, 0.3) is 0 Å². The molecule has 0 heterocycles. The third kappa shape index (κ3) is 4.77. The Labute approximate surface area is 138 Å². The lowest BCUT2D eigenvalue weighted by atomic mass is 9.86. The molecule has 4 heteroatoms. The van der Waals surface area contributed by atoms with Gasteiger partial charge >= 0.3 is 0 Å². The van der Waals surface area contributed by atoms with Crippen LogP contribution in [0.2, 0.25) is 0 Å². The molecule has 0 spiro atoms. The van der Waals surface area contributed by atoms with Crippen LogP contribution in [0.1, 0.15) is 51.0 Å². The third-order valence-electron chi connectivity index (χ3n) is 5.17. The largest absolute Gasteiger partial charge is 0.352 e. The summed E-state index contributed by atoms with van der Waals surface area (Å²) in [4.78, 5) is 14.7. The highest BCUT2D eigenvalue weighted by atomic mass is 19.1. The first kappa shape index (κ1) is 16.4. The number of hydrogen-bond donors (Lipinski definition) is 1. The number of halogens is 1. The van der Waals surface area contributed by atoms with Crippen molar-refractivity contribution in [3.05, 3.63) is 35.6 Å². The SMILES string of the molecule is C[C@H]1CCCC[C@@H]1NC(=O)CN(Cc1ccc(F)cc1)C1CC1. The summed E-state index contributed by atoms with van der Waals surface area (Å²) in [5, 5.41) is 3.24. The molecule has 1 aromatic rings. The Morgan fingerprint density at radius 3 is 2.52 bits per heavy atom. The van der Waals surface area contributed by atoms with Crippen LogP contribution in [-0.4, -0.2) is 29.4 Å². The van der Waals surface area contributed by atoms with E-state index < -0.39 is 0 Å². The second-order valence-electron chi connectivity index (χ2n) is 7.20. The number of carbonyl (C=O) groups excluding carboxylic acids is 1. The standard InChI is InChI=1S/C19H27FN2O/c1-14-4-2-3-5-18(14)21-19(23)13-22(17-10-11-17)12-15-6-8-16(20)9-7-15/h6-9,14,17-18H,2-5,10-13H2,1H3,(H,21,23)/t14-,18-/m0/s1. The van der Waals surface area contributed by atoms with E-state index in [0.717, 1.165) is 31.4 Å². The minimum Gasteiger partial charge on any atom is -0.352 e. The molecule has 2 aliphatic rings. The van der Waals surface area contributed by atoms with E-state index in [1.165, 1.54) is 31.4 Å². The van der Waals surface area contributed by atoms with Crippen molar-refractivity contribution in [2.24, 2.45) is 5.92 Å². The lowest BCUT2D eigenvalue weighted by Crippen LogP contribution is -2.46. The minimum atomic E-state index is -0.212. The summed E-state index contributed by atoms with van der Waals surface area (Å²) in [5.74, 6) is 0.507. The second-order valence-corrected chi connectivity index (χ2v) is 7.20. The van der Waals surface area contributed by atoms with Crippen LogP contribution < -0.4 is 5.32 Å². The first-order valence-corrected chi connectivity index (χ1v) is 8.89. The maximum atomic E-state index is 13.0. The highest BCUT2D eigenvalue weighted by Gasteiger charge is 2.31. The van der Waals surface area contributed by atoms with Gasteiger partial charge in [0.05, 0.1) is 6.54 Å². The Bertz CT molecular complexity index is 527. The monoisotopic (exact) mass is 318 g/mol. The lowest BCUT2D eigenvalue weighted by molar-refractivity contribution is -0.123. The first-order valence-electron chi connectivity index (χ1n) is 8.89. The zero-order valence-corrected chi connectivity index (χ0v) is 13.9. The van der Waals surface area contributed by atoms with Crippen molar-refractivity contribution in [1.29, 1.82) is 0 Å². The molecular weight excluding hydrogens is 291 g/mol. The minimum absolute atomic E-state index is 0.137. The fraction of sp³-hybridized carbons (Fsp3) is 0.632. The van der Waals surface area contributed by atoms with Crippen molar-refractivity contribution in [1.82, 2.24) is 10.2 Å². The van der Waals surface area contributed by atoms with Gasteiger partial charge in [0.15, 0.2) is 0 Å². The highest BCUT2D eigenvalue weighted by Crippen LogP contribution is 2.28. The van der Waals surface area contributed by atoms with Gasteiger partial charge in [0.2, 0.25) is 5.91 Å². The highest BCUT2D eigenvalue weighted by molar-refractivity contribution is 5.78. The second kappa shape index (κ2) is 7.43. The summed E-state index contributed by atoms with van der Waals surface area (Å²) in [6.07, 6.45) is 7.15. The van der Waals surface area contributed by atoms with Crippen LogP contribution in [0.25, 0.3) is 0 Å². The molecule has 0 aliphatic heterocycles. The summed E-state index contributed by atoms with van der Waals surface area (Å²) in [6, 6.07) is 7.45. The zero-order chi connectivity index (χ0) is 16.2. The summed E-state index contributed by atoms with van der Waals surface area (Å²) in [6.45, 7) is 3.41. The molecule has 0 saturated heterocycles. The molecule has 1 amide bonds. The van der Waals surface area contributed by atoms with Gasteiger partial charge < -0.3 is 5.32 Å². The van der Waals surface area contributed by atoms with Crippen molar-refractivity contribution >= 4 is 5.91 Å². The Morgan fingerprint density at radius 1 is 1.17 bits per heavy atom. The molecule has 126 valence electrons. The van der Waals surface area contributed by atoms with Gasteiger partial charge in [0, 0.05) is 18.6 Å². The van der Waals surface area contributed by atoms with Crippen molar-refractivity contribution in [3.63, 3.8) is 0 Å². The van der Waals surface area contributed by atoms with Crippen LogP contribution >= 0.6 is 0 Å². The smallest absolute Gasteiger partial charge is 0.234 e. The zero-order valence-electron chi connectivity index (χ0n) is 13.9. The van der Waals surface area contributed by atoms with Crippen LogP contribution in [0.5, 0.6) is 0 Å². The molecule has 3 rings (SSSR count). The molecule has 2 saturated carbocycles. The number of hydrogen-bond acceptors (Lipinski definition) is 2. The Hall–Kier alpha value is -1.42. The fourth-order valence-electron chi connectivity index (χ4n) is 3.55. The van der Waals surface area contributed by atoms with Crippen molar-refractivity contribution in [2.75, 3.05) is 6.54 Å². The molecule has 1 aromatic carbocycles. The molecule has 2 aliphatic carbocycles. The predicted molar refractivity (Wildman–Crippen MR) is 89.4 cm³/mol. The van der Waals surface area contributed by atoms with Crippen LogP contribution in [0.3, 0.4) is 0 Å². The fourth-order valence-corrected chi connectivity index (χ4v) is 3.55. The molecule has 2 fully saturated rings. The van der Waals surface area contributed by atoms with Crippen molar-refractivity contribution < 1.29 is 9.18 Å². The molecular formula is C19H27FN2O. The maximum Gasteiger partial charge on any atom is 0.234 e. The topological polar surface area (TPSA) is 32.3 Å². The number of benzene rings is 1. The average molecular weight is 318 g/mol. The summed E-state index contributed by atoms with van der Waals surface area (Å²) in [5.41, 5.74) is 1.07. The summed E-state index contributed by atoms with van der Waals surface area (Å²) >= 11 is 0. The number of nitrogens with one attached hydrogen (secondary N) is 1.